The summed E-state index contributed by atoms with van der Waals surface area (Å²) in [4.78, 5) is 97.8. The number of hydrogen-bond donors (Lipinski definition) is 7. The number of primary amides is 2. The lowest BCUT2D eigenvalue weighted by Gasteiger charge is -2.22. The number of nitrogens with one attached hydrogen (secondary N) is 5. The van der Waals surface area contributed by atoms with E-state index in [0.717, 1.165) is 12.0 Å². The highest BCUT2D eigenvalue weighted by atomic mass is 16.5. The van der Waals surface area contributed by atoms with Crippen molar-refractivity contribution in [3.63, 3.8) is 0 Å². The lowest BCUT2D eigenvalue weighted by atomic mass is 10.0. The second-order valence-corrected chi connectivity index (χ2v) is 11.7. The molecule has 0 fully saturated rings. The van der Waals surface area contributed by atoms with E-state index in [1.165, 1.54) is 7.11 Å². The minimum absolute atomic E-state index is 0.142. The molecule has 49 heavy (non-hydrogen) atoms. The van der Waals surface area contributed by atoms with Crippen LogP contribution in [0.25, 0.3) is 0 Å². The molecule has 0 aromatic heterocycles. The molecule has 280 valence electrons. The highest BCUT2D eigenvalue weighted by molar-refractivity contribution is 5.90. The van der Waals surface area contributed by atoms with Crippen LogP contribution >= 0.6 is 0 Å². The van der Waals surface area contributed by atoms with Crippen LogP contribution in [0.5, 0.6) is 0 Å². The Balaban J connectivity index is 5.14. The maximum Gasteiger partial charge on any atom is 0.407 e. The molecular formula is C31H56N8O10. The molecule has 8 amide bonds. The maximum atomic E-state index is 13.1. The molecule has 0 aliphatic carbocycles. The average molecular weight is 701 g/mol. The first kappa shape index (κ1) is 44.4. The Hall–Kier alpha value is -4.64. The Kier molecular flexibility index (Phi) is 23.8. The van der Waals surface area contributed by atoms with E-state index in [2.05, 4.69) is 36.1 Å². The number of hydrogen-bond acceptors (Lipinski definition) is 10. The summed E-state index contributed by atoms with van der Waals surface area (Å²) >= 11 is 0. The molecule has 0 saturated heterocycles. The van der Waals surface area contributed by atoms with Crippen molar-refractivity contribution < 1.29 is 47.8 Å². The number of nitrogens with two attached hydrogens (primary N) is 2. The van der Waals surface area contributed by atoms with Crippen LogP contribution in [-0.2, 0) is 38.2 Å². The van der Waals surface area contributed by atoms with Gasteiger partial charge in [0.2, 0.25) is 35.4 Å². The van der Waals surface area contributed by atoms with Gasteiger partial charge in [-0.1, -0.05) is 26.7 Å². The number of amides is 8. The summed E-state index contributed by atoms with van der Waals surface area (Å²) < 4.78 is 9.09. The third-order valence-corrected chi connectivity index (χ3v) is 7.57. The number of carbonyl (C=O) groups excluding carboxylic acids is 8. The predicted octanol–water partition coefficient (Wildman–Crippen LogP) is -0.612. The normalized spacial score (nSPS) is 12.3. The van der Waals surface area contributed by atoms with E-state index in [0.29, 0.717) is 71.0 Å². The molecule has 0 aromatic rings. The van der Waals surface area contributed by atoms with Gasteiger partial charge in [-0.15, -0.1) is 0 Å². The van der Waals surface area contributed by atoms with Gasteiger partial charge in [-0.25, -0.2) is 9.59 Å². The van der Waals surface area contributed by atoms with Crippen molar-refractivity contribution in [1.29, 1.82) is 0 Å². The topological polar surface area (TPSA) is 270 Å². The van der Waals surface area contributed by atoms with Gasteiger partial charge >= 0.3 is 12.2 Å². The molecule has 0 aliphatic heterocycles. The Bertz CT molecular complexity index is 1050. The fourth-order valence-corrected chi connectivity index (χ4v) is 4.36. The number of carbonyl (C=O) groups is 8. The fourth-order valence-electron chi connectivity index (χ4n) is 4.36. The van der Waals surface area contributed by atoms with Crippen LogP contribution in [0.2, 0.25) is 0 Å². The standard InChI is InChI=1S/C31H56N8O10/c1-21(27(32)43)11-5-8-15-34-24(40)19-39(20-25(41)35-16-9-6-12-22(2)28(33)44)26(42)14-18-36-29(45)23(38-31(47)49-4)13-7-10-17-37-30(46)48-3/h21-23H,5-20H2,1-4H3,(H2,32,43)(H2,33,44)(H,34,40)(H,35,41)(H,36,45)(H,37,46)(H,38,47)/t21?,22?,23-/m0/s1. The van der Waals surface area contributed by atoms with Gasteiger partial charge in [0, 0.05) is 44.4 Å². The monoisotopic (exact) mass is 700 g/mol. The number of alkyl carbamates (subject to hydrolysis) is 2. The van der Waals surface area contributed by atoms with E-state index in [1.807, 2.05) is 0 Å². The van der Waals surface area contributed by atoms with Gasteiger partial charge in [0.05, 0.1) is 14.2 Å². The Morgan fingerprint density at radius 3 is 1.49 bits per heavy atom. The molecule has 0 rings (SSSR count). The van der Waals surface area contributed by atoms with Crippen molar-refractivity contribution >= 4 is 47.6 Å². The molecule has 0 saturated carbocycles. The third-order valence-electron chi connectivity index (χ3n) is 7.57. The van der Waals surface area contributed by atoms with Gasteiger partial charge in [0.15, 0.2) is 0 Å². The molecule has 0 heterocycles. The molecular weight excluding hydrogens is 644 g/mol. The van der Waals surface area contributed by atoms with Gasteiger partial charge in [-0.3, -0.25) is 28.8 Å². The van der Waals surface area contributed by atoms with Gasteiger partial charge in [0.1, 0.15) is 19.1 Å². The minimum Gasteiger partial charge on any atom is -0.453 e. The van der Waals surface area contributed by atoms with Crippen LogP contribution in [0.1, 0.15) is 78.1 Å². The third kappa shape index (κ3) is 22.5. The molecule has 2 unspecified atom stereocenters. The highest BCUT2D eigenvalue weighted by Gasteiger charge is 2.23. The largest absolute Gasteiger partial charge is 0.453 e. The van der Waals surface area contributed by atoms with E-state index >= 15 is 0 Å². The highest BCUT2D eigenvalue weighted by Crippen LogP contribution is 2.07. The van der Waals surface area contributed by atoms with Crippen LogP contribution < -0.4 is 38.1 Å². The van der Waals surface area contributed by atoms with Crippen molar-refractivity contribution in [3.05, 3.63) is 0 Å². The van der Waals surface area contributed by atoms with E-state index in [-0.39, 0.29) is 31.2 Å². The first-order valence-electron chi connectivity index (χ1n) is 16.6. The van der Waals surface area contributed by atoms with Crippen LogP contribution in [0.3, 0.4) is 0 Å². The van der Waals surface area contributed by atoms with Crippen molar-refractivity contribution in [2.45, 2.75) is 84.1 Å². The van der Waals surface area contributed by atoms with Crippen molar-refractivity contribution in [1.82, 2.24) is 31.5 Å². The van der Waals surface area contributed by atoms with Crippen LogP contribution in [-0.4, -0.2) is 112 Å². The first-order valence-corrected chi connectivity index (χ1v) is 16.6. The molecule has 0 bridgehead atoms. The predicted molar refractivity (Wildman–Crippen MR) is 178 cm³/mol. The summed E-state index contributed by atoms with van der Waals surface area (Å²) in [5.74, 6) is -3.47. The Morgan fingerprint density at radius 1 is 0.592 bits per heavy atom. The average Bonchev–Trinajstić information content (AvgIpc) is 3.05. The Labute approximate surface area is 287 Å². The lowest BCUT2D eigenvalue weighted by Crippen LogP contribution is -2.49. The van der Waals surface area contributed by atoms with Crippen LogP contribution in [0, 0.1) is 11.8 Å². The van der Waals surface area contributed by atoms with E-state index in [4.69, 9.17) is 11.5 Å². The number of nitrogens with zero attached hydrogens (tertiary/aromatic N) is 1. The lowest BCUT2D eigenvalue weighted by molar-refractivity contribution is -0.139. The zero-order valence-corrected chi connectivity index (χ0v) is 29.2. The van der Waals surface area contributed by atoms with Gasteiger partial charge in [-0.2, -0.15) is 0 Å². The van der Waals surface area contributed by atoms with Gasteiger partial charge < -0.3 is 52.4 Å². The Morgan fingerprint density at radius 2 is 1.04 bits per heavy atom. The van der Waals surface area contributed by atoms with Crippen molar-refractivity contribution in [2.24, 2.45) is 23.3 Å². The van der Waals surface area contributed by atoms with E-state index < -0.39 is 66.8 Å². The second-order valence-electron chi connectivity index (χ2n) is 11.7. The van der Waals surface area contributed by atoms with E-state index in [1.54, 1.807) is 13.8 Å². The summed E-state index contributed by atoms with van der Waals surface area (Å²) in [5.41, 5.74) is 10.5. The zero-order chi connectivity index (χ0) is 37.2. The number of rotatable bonds is 26. The number of methoxy groups -OCH3 is 2. The maximum absolute atomic E-state index is 13.1. The van der Waals surface area contributed by atoms with Gasteiger partial charge in [-0.05, 0) is 44.9 Å². The molecule has 0 aromatic carbocycles. The fraction of sp³-hybridized carbons (Fsp3) is 0.742. The summed E-state index contributed by atoms with van der Waals surface area (Å²) in [7, 11) is 2.39. The van der Waals surface area contributed by atoms with Crippen LogP contribution in [0.4, 0.5) is 9.59 Å². The molecule has 18 nitrogen and oxygen atoms in total. The quantitative estimate of drug-likeness (QED) is 0.0562. The van der Waals surface area contributed by atoms with E-state index in [9.17, 15) is 38.4 Å². The number of unbranched alkanes of at least 4 members (excludes halogenated alkanes) is 3. The van der Waals surface area contributed by atoms with Crippen molar-refractivity contribution in [2.75, 3.05) is 53.5 Å². The summed E-state index contributed by atoms with van der Waals surface area (Å²) in [6.07, 6.45) is 3.15. The molecule has 0 aliphatic rings. The summed E-state index contributed by atoms with van der Waals surface area (Å²) in [6, 6.07) is -0.981. The zero-order valence-electron chi connectivity index (χ0n) is 29.2. The SMILES string of the molecule is COC(=O)NCCCC[C@H](NC(=O)OC)C(=O)NCCC(=O)N(CC(=O)NCCCCC(C)C(N)=O)CC(=O)NCCCCC(C)C(N)=O. The smallest absolute Gasteiger partial charge is 0.407 e. The molecule has 3 atom stereocenters. The van der Waals surface area contributed by atoms with Gasteiger partial charge in [0.25, 0.3) is 0 Å². The second kappa shape index (κ2) is 26.3. The van der Waals surface area contributed by atoms with Crippen LogP contribution in [0.15, 0.2) is 0 Å². The first-order chi connectivity index (χ1) is 23.2. The van der Waals surface area contributed by atoms with Crippen molar-refractivity contribution in [3.8, 4) is 0 Å². The summed E-state index contributed by atoms with van der Waals surface area (Å²) in [6.45, 7) is 3.40. The number of ether oxygens (including phenoxy) is 2. The summed E-state index contributed by atoms with van der Waals surface area (Å²) in [5, 5.41) is 13.0. The molecule has 9 N–H and O–H groups in total. The molecule has 0 radical (unpaired) electrons. The minimum atomic E-state index is -0.981. The molecule has 0 spiro atoms. The molecule has 18 heteroatoms.